The summed E-state index contributed by atoms with van der Waals surface area (Å²) in [6, 6.07) is 7.50. The number of phenols is 1. The molecule has 0 fully saturated rings. The van der Waals surface area contributed by atoms with E-state index in [2.05, 4.69) is 17.6 Å². The van der Waals surface area contributed by atoms with Crippen LogP contribution in [0.3, 0.4) is 0 Å². The van der Waals surface area contributed by atoms with Crippen LogP contribution in [0, 0.1) is 0 Å². The van der Waals surface area contributed by atoms with Crippen LogP contribution in [0.25, 0.3) is 0 Å². The standard InChI is InChI=1S/C17H28N2O3/c1-5-15(13-7-9-14(20)10-8-13)18-11-6-12-19-16(21)22-17(2,3)4/h7-10,15,18,20H,5-6,11-12H2,1-4H3,(H,19,21). The van der Waals surface area contributed by atoms with Crippen LogP contribution < -0.4 is 10.6 Å². The lowest BCUT2D eigenvalue weighted by atomic mass is 10.0. The van der Waals surface area contributed by atoms with Crippen LogP contribution in [0.15, 0.2) is 24.3 Å². The Morgan fingerprint density at radius 1 is 1.23 bits per heavy atom. The highest BCUT2D eigenvalue weighted by Gasteiger charge is 2.15. The van der Waals surface area contributed by atoms with Gasteiger partial charge in [0.1, 0.15) is 11.4 Å². The van der Waals surface area contributed by atoms with E-state index in [4.69, 9.17) is 4.74 Å². The van der Waals surface area contributed by atoms with Crippen LogP contribution in [0.2, 0.25) is 0 Å². The van der Waals surface area contributed by atoms with Crippen LogP contribution in [-0.2, 0) is 4.74 Å². The first kappa shape index (κ1) is 18.3. The predicted octanol–water partition coefficient (Wildman–Crippen LogP) is 3.35. The summed E-state index contributed by atoms with van der Waals surface area (Å²) in [6.07, 6.45) is 1.41. The summed E-state index contributed by atoms with van der Waals surface area (Å²) in [6.45, 7) is 9.03. The van der Waals surface area contributed by atoms with Crippen LogP contribution in [0.1, 0.15) is 52.1 Å². The minimum atomic E-state index is -0.464. The molecule has 1 aromatic carbocycles. The van der Waals surface area contributed by atoms with Crippen LogP contribution >= 0.6 is 0 Å². The monoisotopic (exact) mass is 308 g/mol. The number of hydrogen-bond acceptors (Lipinski definition) is 4. The summed E-state index contributed by atoms with van der Waals surface area (Å²) in [4.78, 5) is 11.5. The van der Waals surface area contributed by atoms with Gasteiger partial charge in [0, 0.05) is 12.6 Å². The van der Waals surface area contributed by atoms with Crippen molar-refractivity contribution in [1.82, 2.24) is 10.6 Å². The van der Waals surface area contributed by atoms with Crippen LogP contribution in [-0.4, -0.2) is 29.9 Å². The summed E-state index contributed by atoms with van der Waals surface area (Å²) in [5.74, 6) is 0.278. The number of alkyl carbamates (subject to hydrolysis) is 1. The molecule has 0 radical (unpaired) electrons. The fourth-order valence-electron chi connectivity index (χ4n) is 2.07. The lowest BCUT2D eigenvalue weighted by Gasteiger charge is -2.20. The van der Waals surface area contributed by atoms with Gasteiger partial charge in [-0.1, -0.05) is 19.1 Å². The molecule has 0 aromatic heterocycles. The van der Waals surface area contributed by atoms with E-state index in [9.17, 15) is 9.90 Å². The first-order chi connectivity index (χ1) is 10.3. The molecule has 124 valence electrons. The lowest BCUT2D eigenvalue weighted by Crippen LogP contribution is -2.34. The molecule has 1 amide bonds. The summed E-state index contributed by atoms with van der Waals surface area (Å²) in [5, 5.41) is 15.5. The third kappa shape index (κ3) is 7.31. The van der Waals surface area contributed by atoms with Gasteiger partial charge in [0.15, 0.2) is 0 Å². The van der Waals surface area contributed by atoms with Crippen molar-refractivity contribution >= 4 is 6.09 Å². The number of hydrogen-bond donors (Lipinski definition) is 3. The summed E-state index contributed by atoms with van der Waals surface area (Å²) in [5.41, 5.74) is 0.689. The molecule has 1 rings (SSSR count). The van der Waals surface area contributed by atoms with E-state index >= 15 is 0 Å². The van der Waals surface area contributed by atoms with Crippen LogP contribution in [0.4, 0.5) is 4.79 Å². The molecule has 5 nitrogen and oxygen atoms in total. The Morgan fingerprint density at radius 3 is 2.41 bits per heavy atom. The van der Waals surface area contributed by atoms with Gasteiger partial charge in [-0.2, -0.15) is 0 Å². The van der Waals surface area contributed by atoms with Crippen molar-refractivity contribution in [2.75, 3.05) is 13.1 Å². The van der Waals surface area contributed by atoms with Gasteiger partial charge in [-0.05, 0) is 57.9 Å². The number of rotatable bonds is 7. The molecule has 0 aliphatic carbocycles. The zero-order valence-corrected chi connectivity index (χ0v) is 14.0. The molecular formula is C17H28N2O3. The second kappa shape index (κ2) is 8.63. The molecule has 1 unspecified atom stereocenters. The van der Waals surface area contributed by atoms with Crippen molar-refractivity contribution in [1.29, 1.82) is 0 Å². The van der Waals surface area contributed by atoms with Crippen molar-refractivity contribution in [2.45, 2.75) is 52.2 Å². The molecule has 0 aliphatic heterocycles. The van der Waals surface area contributed by atoms with Crippen LogP contribution in [0.5, 0.6) is 5.75 Å². The van der Waals surface area contributed by atoms with Gasteiger partial charge in [0.25, 0.3) is 0 Å². The van der Waals surface area contributed by atoms with Gasteiger partial charge in [-0.3, -0.25) is 0 Å². The lowest BCUT2D eigenvalue weighted by molar-refractivity contribution is 0.0527. The third-order valence-electron chi connectivity index (χ3n) is 3.12. The molecule has 0 saturated heterocycles. The molecule has 3 N–H and O–H groups in total. The highest BCUT2D eigenvalue weighted by Crippen LogP contribution is 2.19. The van der Waals surface area contributed by atoms with Crippen molar-refractivity contribution < 1.29 is 14.6 Å². The van der Waals surface area contributed by atoms with Crippen molar-refractivity contribution in [3.8, 4) is 5.75 Å². The molecule has 0 saturated carbocycles. The van der Waals surface area contributed by atoms with E-state index in [-0.39, 0.29) is 17.9 Å². The average molecular weight is 308 g/mol. The van der Waals surface area contributed by atoms with Gasteiger partial charge >= 0.3 is 6.09 Å². The second-order valence-electron chi connectivity index (χ2n) is 6.29. The van der Waals surface area contributed by atoms with E-state index in [1.165, 1.54) is 0 Å². The zero-order valence-electron chi connectivity index (χ0n) is 14.0. The molecule has 0 bridgehead atoms. The maximum atomic E-state index is 11.5. The Hall–Kier alpha value is -1.75. The molecular weight excluding hydrogens is 280 g/mol. The quantitative estimate of drug-likeness (QED) is 0.676. The molecule has 0 heterocycles. The van der Waals surface area contributed by atoms with E-state index in [1.54, 1.807) is 12.1 Å². The summed E-state index contributed by atoms with van der Waals surface area (Å²) < 4.78 is 5.17. The minimum Gasteiger partial charge on any atom is -0.508 e. The van der Waals surface area contributed by atoms with Crippen molar-refractivity contribution in [3.63, 3.8) is 0 Å². The molecule has 22 heavy (non-hydrogen) atoms. The number of amides is 1. The Labute approximate surface area is 133 Å². The molecule has 0 aliphatic rings. The number of carbonyl (C=O) groups is 1. The predicted molar refractivity (Wildman–Crippen MR) is 88.0 cm³/mol. The Balaban J connectivity index is 2.25. The highest BCUT2D eigenvalue weighted by molar-refractivity contribution is 5.67. The average Bonchev–Trinajstić information content (AvgIpc) is 2.42. The van der Waals surface area contributed by atoms with Gasteiger partial charge in [-0.15, -0.1) is 0 Å². The van der Waals surface area contributed by atoms with Gasteiger partial charge in [0.05, 0.1) is 0 Å². The van der Waals surface area contributed by atoms with E-state index < -0.39 is 5.60 Å². The Morgan fingerprint density at radius 2 is 1.86 bits per heavy atom. The summed E-state index contributed by atoms with van der Waals surface area (Å²) >= 11 is 0. The largest absolute Gasteiger partial charge is 0.508 e. The third-order valence-corrected chi connectivity index (χ3v) is 3.12. The maximum Gasteiger partial charge on any atom is 0.407 e. The smallest absolute Gasteiger partial charge is 0.407 e. The molecule has 5 heteroatoms. The van der Waals surface area contributed by atoms with Crippen molar-refractivity contribution in [2.24, 2.45) is 0 Å². The van der Waals surface area contributed by atoms with Crippen molar-refractivity contribution in [3.05, 3.63) is 29.8 Å². The first-order valence-electron chi connectivity index (χ1n) is 7.81. The second-order valence-corrected chi connectivity index (χ2v) is 6.29. The molecule has 1 atom stereocenters. The van der Waals surface area contributed by atoms with Gasteiger partial charge < -0.3 is 20.5 Å². The first-order valence-corrected chi connectivity index (χ1v) is 7.81. The summed E-state index contributed by atoms with van der Waals surface area (Å²) in [7, 11) is 0. The fraction of sp³-hybridized carbons (Fsp3) is 0.588. The van der Waals surface area contributed by atoms with E-state index in [0.717, 1.165) is 24.9 Å². The zero-order chi connectivity index (χ0) is 16.6. The normalized spacial score (nSPS) is 12.7. The van der Waals surface area contributed by atoms with Gasteiger partial charge in [-0.25, -0.2) is 4.79 Å². The SMILES string of the molecule is CCC(NCCCNC(=O)OC(C)(C)C)c1ccc(O)cc1. The number of carbonyl (C=O) groups excluding carboxylic acids is 1. The number of aromatic hydroxyl groups is 1. The van der Waals surface area contributed by atoms with E-state index in [0.29, 0.717) is 6.54 Å². The van der Waals surface area contributed by atoms with Gasteiger partial charge in [0.2, 0.25) is 0 Å². The number of phenolic OH excluding ortho intramolecular Hbond substituents is 1. The maximum absolute atomic E-state index is 11.5. The Bertz CT molecular complexity index is 452. The molecule has 0 spiro atoms. The fourth-order valence-corrected chi connectivity index (χ4v) is 2.07. The number of nitrogens with one attached hydrogen (secondary N) is 2. The Kier molecular flexibility index (Phi) is 7.18. The topological polar surface area (TPSA) is 70.6 Å². The molecule has 1 aromatic rings. The van der Waals surface area contributed by atoms with E-state index in [1.807, 2.05) is 32.9 Å². The minimum absolute atomic E-state index is 0.252. The highest BCUT2D eigenvalue weighted by atomic mass is 16.6. The number of ether oxygens (including phenoxy) is 1. The number of benzene rings is 1.